The van der Waals surface area contributed by atoms with E-state index in [2.05, 4.69) is 5.32 Å². The summed E-state index contributed by atoms with van der Waals surface area (Å²) in [6, 6.07) is 6.77. The fraction of sp³-hybridized carbons (Fsp3) is 0.417. The molecule has 0 aromatic heterocycles. The Morgan fingerprint density at radius 1 is 1.38 bits per heavy atom. The van der Waals surface area contributed by atoms with Crippen molar-refractivity contribution in [3.05, 3.63) is 35.4 Å². The molecular weight excluding hydrogens is 206 g/mol. The number of carboxylic acids is 1. The van der Waals surface area contributed by atoms with Gasteiger partial charge < -0.3 is 15.5 Å². The summed E-state index contributed by atoms with van der Waals surface area (Å²) in [6.07, 6.45) is 0. The molecule has 0 heterocycles. The minimum Gasteiger partial charge on any atom is -0.478 e. The van der Waals surface area contributed by atoms with Crippen LogP contribution in [0.25, 0.3) is 0 Å². The van der Waals surface area contributed by atoms with Gasteiger partial charge in [-0.15, -0.1) is 0 Å². The van der Waals surface area contributed by atoms with Crippen molar-refractivity contribution in [3.8, 4) is 0 Å². The number of hydrogen-bond donors (Lipinski definition) is 3. The maximum absolute atomic E-state index is 10.6. The summed E-state index contributed by atoms with van der Waals surface area (Å²) in [5, 5.41) is 20.7. The van der Waals surface area contributed by atoms with Crippen LogP contribution in [0.5, 0.6) is 0 Å². The molecule has 0 spiro atoms. The Kier molecular flexibility index (Phi) is 4.95. The molecule has 0 aliphatic carbocycles. The average molecular weight is 223 g/mol. The zero-order chi connectivity index (χ0) is 12.0. The van der Waals surface area contributed by atoms with E-state index < -0.39 is 5.97 Å². The van der Waals surface area contributed by atoms with Crippen LogP contribution in [0.3, 0.4) is 0 Å². The van der Waals surface area contributed by atoms with Gasteiger partial charge in [-0.25, -0.2) is 4.79 Å². The van der Waals surface area contributed by atoms with Gasteiger partial charge in [-0.1, -0.05) is 19.1 Å². The molecule has 88 valence electrons. The number of hydrogen-bond acceptors (Lipinski definition) is 3. The maximum atomic E-state index is 10.6. The third-order valence-electron chi connectivity index (χ3n) is 2.33. The van der Waals surface area contributed by atoms with E-state index >= 15 is 0 Å². The standard InChI is InChI=1S/C12H17NO3/c1-9(8-14)6-13-7-10-2-4-11(5-3-10)12(15)16/h2-5,9,13-14H,6-8H2,1H3,(H,15,16). The van der Waals surface area contributed by atoms with E-state index in [0.29, 0.717) is 12.1 Å². The molecule has 0 saturated carbocycles. The molecule has 16 heavy (non-hydrogen) atoms. The Labute approximate surface area is 94.9 Å². The van der Waals surface area contributed by atoms with Gasteiger partial charge in [0.25, 0.3) is 0 Å². The van der Waals surface area contributed by atoms with Crippen LogP contribution in [0.4, 0.5) is 0 Å². The van der Waals surface area contributed by atoms with Crippen molar-refractivity contribution in [2.75, 3.05) is 13.2 Å². The summed E-state index contributed by atoms with van der Waals surface area (Å²) >= 11 is 0. The third kappa shape index (κ3) is 4.00. The first-order valence-corrected chi connectivity index (χ1v) is 5.27. The van der Waals surface area contributed by atoms with Gasteiger partial charge in [-0.3, -0.25) is 0 Å². The van der Waals surface area contributed by atoms with Gasteiger partial charge in [-0.2, -0.15) is 0 Å². The van der Waals surface area contributed by atoms with Crippen LogP contribution in [-0.2, 0) is 6.54 Å². The molecule has 1 atom stereocenters. The van der Waals surface area contributed by atoms with Gasteiger partial charge in [0, 0.05) is 19.7 Å². The Hall–Kier alpha value is -1.39. The summed E-state index contributed by atoms with van der Waals surface area (Å²) in [5.74, 6) is -0.674. The lowest BCUT2D eigenvalue weighted by atomic mass is 10.1. The van der Waals surface area contributed by atoms with Crippen molar-refractivity contribution >= 4 is 5.97 Å². The van der Waals surface area contributed by atoms with Crippen LogP contribution < -0.4 is 5.32 Å². The molecule has 4 heteroatoms. The van der Waals surface area contributed by atoms with E-state index in [1.165, 1.54) is 0 Å². The Bertz CT molecular complexity index is 335. The predicted octanol–water partition coefficient (Wildman–Crippen LogP) is 1.10. The van der Waals surface area contributed by atoms with Crippen molar-refractivity contribution in [3.63, 3.8) is 0 Å². The number of carboxylic acid groups (broad SMARTS) is 1. The number of rotatable bonds is 6. The number of aromatic carboxylic acids is 1. The highest BCUT2D eigenvalue weighted by molar-refractivity contribution is 5.87. The number of nitrogens with one attached hydrogen (secondary N) is 1. The molecule has 1 aromatic carbocycles. The summed E-state index contributed by atoms with van der Waals surface area (Å²) < 4.78 is 0. The smallest absolute Gasteiger partial charge is 0.335 e. The summed E-state index contributed by atoms with van der Waals surface area (Å²) in [4.78, 5) is 10.6. The molecule has 0 amide bonds. The summed E-state index contributed by atoms with van der Waals surface area (Å²) in [6.45, 7) is 3.56. The molecule has 0 saturated heterocycles. The molecule has 0 radical (unpaired) electrons. The Morgan fingerprint density at radius 2 is 2.00 bits per heavy atom. The molecule has 1 aromatic rings. The van der Waals surface area contributed by atoms with Gasteiger partial charge in [0.2, 0.25) is 0 Å². The zero-order valence-corrected chi connectivity index (χ0v) is 9.31. The first-order chi connectivity index (χ1) is 7.63. The second-order valence-electron chi connectivity index (χ2n) is 3.92. The zero-order valence-electron chi connectivity index (χ0n) is 9.31. The van der Waals surface area contributed by atoms with Gasteiger partial charge in [-0.05, 0) is 23.6 Å². The van der Waals surface area contributed by atoms with E-state index in [1.54, 1.807) is 24.3 Å². The van der Waals surface area contributed by atoms with Gasteiger partial charge in [0.1, 0.15) is 0 Å². The lowest BCUT2D eigenvalue weighted by molar-refractivity contribution is 0.0697. The largest absolute Gasteiger partial charge is 0.478 e. The first-order valence-electron chi connectivity index (χ1n) is 5.27. The molecule has 0 aliphatic heterocycles. The van der Waals surface area contributed by atoms with Crippen LogP contribution >= 0.6 is 0 Å². The average Bonchev–Trinajstić information content (AvgIpc) is 2.29. The molecule has 3 N–H and O–H groups in total. The van der Waals surface area contributed by atoms with E-state index in [9.17, 15) is 4.79 Å². The number of aliphatic hydroxyl groups is 1. The molecule has 0 fully saturated rings. The Balaban J connectivity index is 2.40. The second kappa shape index (κ2) is 6.25. The van der Waals surface area contributed by atoms with Crippen LogP contribution in [-0.4, -0.2) is 29.3 Å². The maximum Gasteiger partial charge on any atom is 0.335 e. The quantitative estimate of drug-likeness (QED) is 0.675. The first kappa shape index (κ1) is 12.7. The predicted molar refractivity (Wildman–Crippen MR) is 61.4 cm³/mol. The monoisotopic (exact) mass is 223 g/mol. The van der Waals surface area contributed by atoms with Crippen molar-refractivity contribution < 1.29 is 15.0 Å². The molecule has 4 nitrogen and oxygen atoms in total. The normalized spacial score (nSPS) is 12.4. The van der Waals surface area contributed by atoms with Crippen molar-refractivity contribution in [1.82, 2.24) is 5.32 Å². The van der Waals surface area contributed by atoms with E-state index in [1.807, 2.05) is 6.92 Å². The number of aliphatic hydroxyl groups excluding tert-OH is 1. The molecule has 0 bridgehead atoms. The molecule has 1 unspecified atom stereocenters. The summed E-state index contributed by atoms with van der Waals surface area (Å²) in [7, 11) is 0. The van der Waals surface area contributed by atoms with Gasteiger partial charge in [0.05, 0.1) is 5.56 Å². The fourth-order valence-electron chi connectivity index (χ4n) is 1.29. The van der Waals surface area contributed by atoms with E-state index in [-0.39, 0.29) is 12.5 Å². The SMILES string of the molecule is CC(CO)CNCc1ccc(C(=O)O)cc1. The van der Waals surface area contributed by atoms with Crippen LogP contribution in [0.2, 0.25) is 0 Å². The number of carbonyl (C=O) groups is 1. The molecule has 1 rings (SSSR count). The lowest BCUT2D eigenvalue weighted by Gasteiger charge is -2.09. The van der Waals surface area contributed by atoms with Crippen molar-refractivity contribution in [2.45, 2.75) is 13.5 Å². The highest BCUT2D eigenvalue weighted by Gasteiger charge is 2.02. The topological polar surface area (TPSA) is 69.6 Å². The third-order valence-corrected chi connectivity index (χ3v) is 2.33. The van der Waals surface area contributed by atoms with Crippen LogP contribution in [0, 0.1) is 5.92 Å². The van der Waals surface area contributed by atoms with Crippen LogP contribution in [0.1, 0.15) is 22.8 Å². The highest BCUT2D eigenvalue weighted by atomic mass is 16.4. The number of benzene rings is 1. The van der Waals surface area contributed by atoms with E-state index in [0.717, 1.165) is 12.1 Å². The summed E-state index contributed by atoms with van der Waals surface area (Å²) in [5.41, 5.74) is 1.34. The van der Waals surface area contributed by atoms with Crippen molar-refractivity contribution in [2.24, 2.45) is 5.92 Å². The van der Waals surface area contributed by atoms with E-state index in [4.69, 9.17) is 10.2 Å². The minimum atomic E-state index is -0.909. The molecular formula is C12H17NO3. The Morgan fingerprint density at radius 3 is 2.50 bits per heavy atom. The van der Waals surface area contributed by atoms with Gasteiger partial charge >= 0.3 is 5.97 Å². The van der Waals surface area contributed by atoms with Gasteiger partial charge in [0.15, 0.2) is 0 Å². The molecule has 0 aliphatic rings. The van der Waals surface area contributed by atoms with Crippen LogP contribution in [0.15, 0.2) is 24.3 Å². The fourth-order valence-corrected chi connectivity index (χ4v) is 1.29. The van der Waals surface area contributed by atoms with Crippen molar-refractivity contribution in [1.29, 1.82) is 0 Å². The lowest BCUT2D eigenvalue weighted by Crippen LogP contribution is -2.22. The minimum absolute atomic E-state index is 0.172. The highest BCUT2D eigenvalue weighted by Crippen LogP contribution is 2.04. The second-order valence-corrected chi connectivity index (χ2v) is 3.92.